The van der Waals surface area contributed by atoms with E-state index in [1.165, 1.54) is 25.2 Å². The average Bonchev–Trinajstić information content (AvgIpc) is 2.68. The summed E-state index contributed by atoms with van der Waals surface area (Å²) in [6.45, 7) is 3.68. The molecular formula is C19H22FN3O4S. The normalized spacial score (nSPS) is 11.3. The molecule has 0 aliphatic carbocycles. The monoisotopic (exact) mass is 407 g/mol. The molecule has 0 fully saturated rings. The number of anilines is 1. The Hall–Kier alpha value is -2.78. The Balaban J connectivity index is 2.28. The Morgan fingerprint density at radius 2 is 1.54 bits per heavy atom. The summed E-state index contributed by atoms with van der Waals surface area (Å²) in [6.07, 6.45) is 0. The van der Waals surface area contributed by atoms with Gasteiger partial charge in [0, 0.05) is 37.0 Å². The molecule has 0 saturated heterocycles. The zero-order chi connectivity index (χ0) is 20.9. The summed E-state index contributed by atoms with van der Waals surface area (Å²) < 4.78 is 40.5. The van der Waals surface area contributed by atoms with Crippen LogP contribution in [0, 0.1) is 5.82 Å². The zero-order valence-electron chi connectivity index (χ0n) is 15.8. The van der Waals surface area contributed by atoms with Gasteiger partial charge in [0.25, 0.3) is 11.8 Å². The van der Waals surface area contributed by atoms with E-state index in [-0.39, 0.29) is 24.6 Å². The lowest BCUT2D eigenvalue weighted by molar-refractivity contribution is 0.0962. The lowest BCUT2D eigenvalue weighted by Crippen LogP contribution is -2.31. The number of hydrogen-bond acceptors (Lipinski definition) is 4. The number of rotatable bonds is 7. The second-order valence-electron chi connectivity index (χ2n) is 5.85. The molecule has 0 unspecified atom stereocenters. The van der Waals surface area contributed by atoms with Crippen LogP contribution in [0.4, 0.5) is 10.1 Å². The quantitative estimate of drug-likeness (QED) is 0.737. The molecule has 2 N–H and O–H groups in total. The van der Waals surface area contributed by atoms with E-state index in [1.807, 2.05) is 0 Å². The molecule has 2 aromatic rings. The Bertz CT molecular complexity index is 971. The van der Waals surface area contributed by atoms with E-state index in [0.29, 0.717) is 11.3 Å². The summed E-state index contributed by atoms with van der Waals surface area (Å²) >= 11 is 0. The van der Waals surface area contributed by atoms with Crippen LogP contribution in [-0.4, -0.2) is 44.7 Å². The summed E-state index contributed by atoms with van der Waals surface area (Å²) in [5.74, 6) is -1.77. The van der Waals surface area contributed by atoms with Crippen molar-refractivity contribution in [3.63, 3.8) is 0 Å². The molecule has 150 valence electrons. The molecule has 2 amide bonds. The molecule has 0 saturated carbocycles. The van der Waals surface area contributed by atoms with Gasteiger partial charge in [-0.15, -0.1) is 0 Å². The van der Waals surface area contributed by atoms with Crippen LogP contribution in [0.1, 0.15) is 34.6 Å². The van der Waals surface area contributed by atoms with E-state index in [1.54, 1.807) is 26.0 Å². The third-order valence-corrected chi connectivity index (χ3v) is 6.21. The number of halogens is 1. The molecular weight excluding hydrogens is 385 g/mol. The van der Waals surface area contributed by atoms with Crippen LogP contribution in [0.2, 0.25) is 0 Å². The van der Waals surface area contributed by atoms with Gasteiger partial charge in [0.1, 0.15) is 10.7 Å². The number of carbonyl (C=O) groups excluding carboxylic acids is 2. The van der Waals surface area contributed by atoms with Crippen LogP contribution in [-0.2, 0) is 10.0 Å². The summed E-state index contributed by atoms with van der Waals surface area (Å²) in [4.78, 5) is 23.5. The van der Waals surface area contributed by atoms with Crippen molar-refractivity contribution in [1.29, 1.82) is 0 Å². The van der Waals surface area contributed by atoms with Crippen molar-refractivity contribution in [3.05, 3.63) is 59.4 Å². The third kappa shape index (κ3) is 4.55. The van der Waals surface area contributed by atoms with Gasteiger partial charge < -0.3 is 10.6 Å². The summed E-state index contributed by atoms with van der Waals surface area (Å²) in [5, 5.41) is 5.09. The smallest absolute Gasteiger partial charge is 0.255 e. The van der Waals surface area contributed by atoms with Crippen molar-refractivity contribution >= 4 is 27.5 Å². The molecule has 0 atom stereocenters. The van der Waals surface area contributed by atoms with Crippen molar-refractivity contribution in [1.82, 2.24) is 9.62 Å². The Morgan fingerprint density at radius 3 is 2.07 bits per heavy atom. The Morgan fingerprint density at radius 1 is 0.964 bits per heavy atom. The molecule has 2 rings (SSSR count). The number of benzene rings is 2. The number of nitrogens with zero attached hydrogens (tertiary/aromatic N) is 1. The predicted molar refractivity (Wildman–Crippen MR) is 104 cm³/mol. The summed E-state index contributed by atoms with van der Waals surface area (Å²) in [7, 11) is -2.53. The van der Waals surface area contributed by atoms with Crippen molar-refractivity contribution in [2.45, 2.75) is 18.7 Å². The maximum atomic E-state index is 14.2. The Kier molecular flexibility index (Phi) is 6.87. The van der Waals surface area contributed by atoms with Gasteiger partial charge in [0.2, 0.25) is 10.0 Å². The van der Waals surface area contributed by atoms with Crippen molar-refractivity contribution in [3.8, 4) is 0 Å². The minimum Gasteiger partial charge on any atom is -0.355 e. The molecule has 0 aliphatic heterocycles. The fraction of sp³-hybridized carbons (Fsp3) is 0.263. The minimum absolute atomic E-state index is 0.00232. The lowest BCUT2D eigenvalue weighted by Gasteiger charge is -2.19. The maximum Gasteiger partial charge on any atom is 0.255 e. The number of carbonyl (C=O) groups is 2. The van der Waals surface area contributed by atoms with Gasteiger partial charge in [-0.1, -0.05) is 13.8 Å². The molecule has 0 aromatic heterocycles. The van der Waals surface area contributed by atoms with E-state index >= 15 is 0 Å². The largest absolute Gasteiger partial charge is 0.355 e. The second kappa shape index (κ2) is 8.94. The van der Waals surface area contributed by atoms with Gasteiger partial charge in [-0.25, -0.2) is 12.8 Å². The first kappa shape index (κ1) is 21.5. The molecule has 2 aromatic carbocycles. The van der Waals surface area contributed by atoms with Crippen LogP contribution < -0.4 is 10.6 Å². The van der Waals surface area contributed by atoms with Gasteiger partial charge in [-0.3, -0.25) is 9.59 Å². The standard InChI is InChI=1S/C19H22FN3O4S/c1-4-23(5-2)28(26,27)17-12-14(8-11-16(17)20)19(25)22-15-9-6-13(7-10-15)18(24)21-3/h6-12H,4-5H2,1-3H3,(H,21,24)(H,22,25). The van der Waals surface area contributed by atoms with Crippen LogP contribution in [0.15, 0.2) is 47.4 Å². The van der Waals surface area contributed by atoms with Crippen LogP contribution >= 0.6 is 0 Å². The van der Waals surface area contributed by atoms with Gasteiger partial charge in [-0.2, -0.15) is 4.31 Å². The topological polar surface area (TPSA) is 95.6 Å². The fourth-order valence-corrected chi connectivity index (χ4v) is 4.15. The first-order chi connectivity index (χ1) is 13.2. The lowest BCUT2D eigenvalue weighted by atomic mass is 10.1. The van der Waals surface area contributed by atoms with Crippen molar-refractivity contribution in [2.75, 3.05) is 25.5 Å². The average molecular weight is 407 g/mol. The van der Waals surface area contributed by atoms with Gasteiger partial charge in [-0.05, 0) is 42.5 Å². The van der Waals surface area contributed by atoms with E-state index in [9.17, 15) is 22.4 Å². The highest BCUT2D eigenvalue weighted by atomic mass is 32.2. The van der Waals surface area contributed by atoms with E-state index in [2.05, 4.69) is 10.6 Å². The van der Waals surface area contributed by atoms with Crippen LogP contribution in [0.3, 0.4) is 0 Å². The second-order valence-corrected chi connectivity index (χ2v) is 7.75. The van der Waals surface area contributed by atoms with E-state index in [4.69, 9.17) is 0 Å². The molecule has 0 radical (unpaired) electrons. The van der Waals surface area contributed by atoms with Gasteiger partial charge in [0.15, 0.2) is 0 Å². The highest BCUT2D eigenvalue weighted by Gasteiger charge is 2.26. The number of amides is 2. The molecule has 0 heterocycles. The minimum atomic E-state index is -4.04. The summed E-state index contributed by atoms with van der Waals surface area (Å²) in [5.41, 5.74) is 0.840. The molecule has 28 heavy (non-hydrogen) atoms. The third-order valence-electron chi connectivity index (χ3n) is 4.15. The SMILES string of the molecule is CCN(CC)S(=O)(=O)c1cc(C(=O)Nc2ccc(C(=O)NC)cc2)ccc1F. The molecule has 0 spiro atoms. The van der Waals surface area contributed by atoms with Crippen LogP contribution in [0.25, 0.3) is 0 Å². The number of hydrogen-bond donors (Lipinski definition) is 2. The highest BCUT2D eigenvalue weighted by molar-refractivity contribution is 7.89. The van der Waals surface area contributed by atoms with Gasteiger partial charge >= 0.3 is 0 Å². The van der Waals surface area contributed by atoms with E-state index in [0.717, 1.165) is 16.4 Å². The number of sulfonamides is 1. The predicted octanol–water partition coefficient (Wildman–Crippen LogP) is 2.47. The maximum absolute atomic E-state index is 14.2. The van der Waals surface area contributed by atoms with Gasteiger partial charge in [0.05, 0.1) is 0 Å². The Labute approximate surface area is 163 Å². The van der Waals surface area contributed by atoms with Crippen LogP contribution in [0.5, 0.6) is 0 Å². The number of nitrogens with one attached hydrogen (secondary N) is 2. The molecule has 9 heteroatoms. The molecule has 7 nitrogen and oxygen atoms in total. The first-order valence-electron chi connectivity index (χ1n) is 8.67. The molecule has 0 bridgehead atoms. The summed E-state index contributed by atoms with van der Waals surface area (Å²) in [6, 6.07) is 9.35. The van der Waals surface area contributed by atoms with Crippen molar-refractivity contribution < 1.29 is 22.4 Å². The molecule has 0 aliphatic rings. The van der Waals surface area contributed by atoms with Crippen molar-refractivity contribution in [2.24, 2.45) is 0 Å². The zero-order valence-corrected chi connectivity index (χ0v) is 16.6. The fourth-order valence-electron chi connectivity index (χ4n) is 2.60. The highest BCUT2D eigenvalue weighted by Crippen LogP contribution is 2.21. The first-order valence-corrected chi connectivity index (χ1v) is 10.1. The van der Waals surface area contributed by atoms with E-state index < -0.39 is 26.6 Å².